The van der Waals surface area contributed by atoms with E-state index in [2.05, 4.69) is 190 Å². The minimum absolute atomic E-state index is 0.00975. The molecule has 68 heavy (non-hydrogen) atoms. The maximum atomic E-state index is 9.20. The van der Waals surface area contributed by atoms with Crippen molar-refractivity contribution in [2.75, 3.05) is 9.80 Å². The van der Waals surface area contributed by atoms with Crippen molar-refractivity contribution < 1.29 is 8.22 Å². The molecule has 11 rings (SSSR count). The zero-order chi connectivity index (χ0) is 53.0. The first-order valence-corrected chi connectivity index (χ1v) is 25.3. The van der Waals surface area contributed by atoms with E-state index >= 15 is 0 Å². The monoisotopic (exact) mass is 913 g/mol. The van der Waals surface area contributed by atoms with E-state index < -0.39 is 12.3 Å². The largest absolute Gasteiger partial charge is 0.311 e. The molecule has 4 heteroatoms. The second-order valence-corrected chi connectivity index (χ2v) is 24.8. The Morgan fingerprint density at radius 2 is 1.18 bits per heavy atom. The average molecular weight is 913 g/mol. The summed E-state index contributed by atoms with van der Waals surface area (Å²) in [6, 6.07) is 45.4. The predicted molar refractivity (Wildman–Crippen MR) is 297 cm³/mol. The van der Waals surface area contributed by atoms with Crippen molar-refractivity contribution in [1.82, 2.24) is 0 Å². The highest BCUT2D eigenvalue weighted by atomic mass is 32.1. The van der Waals surface area contributed by atoms with E-state index in [0.29, 0.717) is 0 Å². The van der Waals surface area contributed by atoms with Crippen LogP contribution in [0.2, 0.25) is 0 Å². The van der Waals surface area contributed by atoms with Gasteiger partial charge in [0.15, 0.2) is 0 Å². The molecular weight excluding hydrogens is 840 g/mol. The lowest BCUT2D eigenvalue weighted by atomic mass is 9.36. The smallest absolute Gasteiger partial charge is 0.264 e. The maximum Gasteiger partial charge on any atom is 0.264 e. The fraction of sp³-hybridized carbons (Fsp3) is 0.312. The normalized spacial score (nSPS) is 17.5. The minimum Gasteiger partial charge on any atom is -0.311 e. The summed E-state index contributed by atoms with van der Waals surface area (Å²) in [5.74, 6) is 0. The van der Waals surface area contributed by atoms with Gasteiger partial charge in [-0.2, -0.15) is 0 Å². The van der Waals surface area contributed by atoms with Gasteiger partial charge >= 0.3 is 0 Å². The summed E-state index contributed by atoms with van der Waals surface area (Å²) in [5.41, 5.74) is 16.3. The molecule has 3 aliphatic rings. The van der Waals surface area contributed by atoms with Crippen molar-refractivity contribution in [3.63, 3.8) is 0 Å². The molecule has 0 saturated heterocycles. The summed E-state index contributed by atoms with van der Waals surface area (Å²) in [6.45, 7) is 24.6. The summed E-state index contributed by atoms with van der Waals surface area (Å²) in [7, 11) is 0. The molecule has 0 fully saturated rings. The molecule has 0 spiro atoms. The zero-order valence-corrected chi connectivity index (χ0v) is 42.7. The fourth-order valence-electron chi connectivity index (χ4n) is 11.5. The van der Waals surface area contributed by atoms with Gasteiger partial charge < -0.3 is 9.80 Å². The summed E-state index contributed by atoms with van der Waals surface area (Å²) in [5, 5.41) is 1.17. The Labute approximate surface area is 419 Å². The third-order valence-electron chi connectivity index (χ3n) is 15.9. The Morgan fingerprint density at radius 3 is 1.82 bits per heavy atom. The van der Waals surface area contributed by atoms with E-state index in [9.17, 15) is 4.11 Å². The number of fused-ring (bicyclic) bond motifs is 7. The number of nitrogens with zero attached hydrogens (tertiary/aromatic N) is 2. The van der Waals surface area contributed by atoms with Gasteiger partial charge in [0.05, 0.1) is 15.5 Å². The van der Waals surface area contributed by atoms with E-state index in [4.69, 9.17) is 4.11 Å². The van der Waals surface area contributed by atoms with Gasteiger partial charge in [-0.1, -0.05) is 174 Å². The van der Waals surface area contributed by atoms with Crippen molar-refractivity contribution in [1.29, 1.82) is 0 Å². The van der Waals surface area contributed by atoms with Crippen LogP contribution in [0.1, 0.15) is 143 Å². The summed E-state index contributed by atoms with van der Waals surface area (Å²) >= 11 is 1.87. The zero-order valence-electron chi connectivity index (χ0n) is 47.9. The van der Waals surface area contributed by atoms with Crippen LogP contribution in [-0.2, 0) is 27.1 Å². The Kier molecular flexibility index (Phi) is 8.58. The van der Waals surface area contributed by atoms with E-state index in [1.807, 2.05) is 29.5 Å². The lowest BCUT2D eigenvalue weighted by Gasteiger charge is -2.44. The van der Waals surface area contributed by atoms with E-state index in [1.54, 1.807) is 12.1 Å². The molecule has 0 amide bonds. The van der Waals surface area contributed by atoms with E-state index in [-0.39, 0.29) is 52.1 Å². The van der Waals surface area contributed by atoms with Crippen LogP contribution in [0.25, 0.3) is 21.2 Å². The first-order chi connectivity index (χ1) is 34.6. The second-order valence-electron chi connectivity index (χ2n) is 23.7. The molecule has 0 unspecified atom stereocenters. The van der Waals surface area contributed by atoms with Crippen LogP contribution in [-0.4, -0.2) is 6.71 Å². The standard InChI is InChI=1S/C64H67BN2S/c1-40-34-54-57-55(35-40)67(52-30-26-44(61(5,6)7)36-47(52)41-20-16-14-17-21-41)53-31-27-45(64(12,13)43-22-18-15-19-23-43)37-51(53)65(57)59-58(66(54)46-28-24-42(25-29-46)60(2,3)4)48-38-49-50(39-56(48)68-59)63(10,11)33-32-62(49,8)9/h14-31,34-39H,32-33H2,1-13H3/i1D3,15D,18D,19D. The minimum atomic E-state index is -2.44. The predicted octanol–water partition coefficient (Wildman–Crippen LogP) is 16.2. The molecule has 2 nitrogen and oxygen atoms in total. The Morgan fingerprint density at radius 1 is 0.574 bits per heavy atom. The van der Waals surface area contributed by atoms with Crippen LogP contribution in [0.15, 0.2) is 146 Å². The first-order valence-electron chi connectivity index (χ1n) is 27.5. The van der Waals surface area contributed by atoms with Crippen LogP contribution in [0.3, 0.4) is 0 Å². The highest BCUT2D eigenvalue weighted by Gasteiger charge is 2.47. The first kappa shape index (κ1) is 38.1. The van der Waals surface area contributed by atoms with Crippen LogP contribution in [0.5, 0.6) is 0 Å². The molecule has 8 aromatic rings. The van der Waals surface area contributed by atoms with Gasteiger partial charge in [0.2, 0.25) is 0 Å². The molecule has 0 N–H and O–H groups in total. The Bertz CT molecular complexity index is 3570. The van der Waals surface area contributed by atoms with Crippen LogP contribution in [0.4, 0.5) is 34.1 Å². The number of benzene rings is 7. The van der Waals surface area contributed by atoms with Crippen molar-refractivity contribution >= 4 is 78.0 Å². The molecule has 0 atom stereocenters. The van der Waals surface area contributed by atoms with Gasteiger partial charge in [-0.15, -0.1) is 11.3 Å². The maximum absolute atomic E-state index is 9.20. The SMILES string of the molecule is [2H]c1cc(C(C)(C)c2ccc3c(c2)B2c4sc5cc6c(cc5c4N(c4ccc(C(C)(C)C)cc4)c4cc(C([2H])([2H])[2H])cc(c42)N3c2ccc(C(C)(C)C)cc2-c2ccccc2)C(C)(C)CCC6(C)C)cc([2H])c1[2H]. The van der Waals surface area contributed by atoms with Gasteiger partial charge in [-0.3, -0.25) is 0 Å². The van der Waals surface area contributed by atoms with Crippen molar-refractivity contribution in [2.24, 2.45) is 0 Å². The molecule has 1 aromatic heterocycles. The molecule has 1 aliphatic carbocycles. The number of thiophene rings is 1. The van der Waals surface area contributed by atoms with Gasteiger partial charge in [-0.25, -0.2) is 0 Å². The van der Waals surface area contributed by atoms with Crippen LogP contribution in [0, 0.1) is 6.85 Å². The van der Waals surface area contributed by atoms with Crippen molar-refractivity contribution in [3.8, 4) is 11.1 Å². The number of hydrogen-bond donors (Lipinski definition) is 0. The molecule has 342 valence electrons. The van der Waals surface area contributed by atoms with Gasteiger partial charge in [0, 0.05) is 52.7 Å². The third kappa shape index (κ3) is 7.02. The second kappa shape index (κ2) is 15.3. The molecule has 0 saturated carbocycles. The van der Waals surface area contributed by atoms with E-state index in [1.165, 1.54) is 37.1 Å². The highest BCUT2D eigenvalue weighted by Crippen LogP contribution is 2.53. The van der Waals surface area contributed by atoms with Gasteiger partial charge in [-0.05, 0) is 151 Å². The van der Waals surface area contributed by atoms with Gasteiger partial charge in [0.25, 0.3) is 6.71 Å². The third-order valence-corrected chi connectivity index (χ3v) is 17.1. The molecular formula is C64H67BN2S. The topological polar surface area (TPSA) is 6.48 Å². The number of aryl methyl sites for hydroxylation is 1. The van der Waals surface area contributed by atoms with Crippen LogP contribution < -0.4 is 25.5 Å². The van der Waals surface area contributed by atoms with Gasteiger partial charge in [0.1, 0.15) is 0 Å². The average Bonchev–Trinajstić information content (AvgIpc) is 3.71. The number of hydrogen-bond acceptors (Lipinski definition) is 3. The highest BCUT2D eigenvalue weighted by molar-refractivity contribution is 7.33. The van der Waals surface area contributed by atoms with Crippen molar-refractivity contribution in [2.45, 2.75) is 130 Å². The number of rotatable bonds is 5. The lowest BCUT2D eigenvalue weighted by Crippen LogP contribution is -2.60. The molecule has 0 bridgehead atoms. The fourth-order valence-corrected chi connectivity index (χ4v) is 12.8. The molecule has 7 aromatic carbocycles. The summed E-state index contributed by atoms with van der Waals surface area (Å²) < 4.78 is 55.9. The lowest BCUT2D eigenvalue weighted by molar-refractivity contribution is 0.332. The molecule has 2 aliphatic heterocycles. The molecule has 3 heterocycles. The summed E-state index contributed by atoms with van der Waals surface area (Å²) in [6.07, 6.45) is 2.18. The summed E-state index contributed by atoms with van der Waals surface area (Å²) in [4.78, 5) is 4.73. The quantitative estimate of drug-likeness (QED) is 0.159. The molecule has 0 radical (unpaired) electrons. The Hall–Kier alpha value is -5.84. The van der Waals surface area contributed by atoms with E-state index in [0.717, 1.165) is 80.1 Å². The van der Waals surface area contributed by atoms with Crippen molar-refractivity contribution in [3.05, 3.63) is 184 Å². The number of anilines is 6. The Balaban J connectivity index is 1.30. The van der Waals surface area contributed by atoms with Crippen LogP contribution >= 0.6 is 11.3 Å².